The summed E-state index contributed by atoms with van der Waals surface area (Å²) in [6.45, 7) is 0.595. The first-order valence-electron chi connectivity index (χ1n) is 3.98. The highest BCUT2D eigenvalue weighted by Gasteiger charge is 2.03. The van der Waals surface area contributed by atoms with E-state index in [4.69, 9.17) is 11.5 Å². The topological polar surface area (TPSA) is 75.1 Å². The molecule has 0 fully saturated rings. The zero-order valence-corrected chi connectivity index (χ0v) is 7.40. The molecule has 0 aliphatic rings. The number of rotatable bonds is 4. The molecule has 1 heterocycles. The average molecular weight is 191 g/mol. The molecule has 0 atom stereocenters. The van der Waals surface area contributed by atoms with Gasteiger partial charge in [-0.3, -0.25) is 0 Å². The second kappa shape index (κ2) is 4.82. The summed E-state index contributed by atoms with van der Waals surface area (Å²) < 4.78 is 0. The molecule has 2 N–H and O–H groups in total. The van der Waals surface area contributed by atoms with Crippen molar-refractivity contribution in [3.05, 3.63) is 17.8 Å². The molecular weight excluding hydrogens is 182 g/mol. The minimum Gasteiger partial charge on any atom is -0.476 e. The minimum atomic E-state index is -1.09. The number of nitrogens with one attached hydrogen (secondary N) is 1. The maximum atomic E-state index is 10.4. The molecule has 0 saturated heterocycles. The molecule has 1 rings (SSSR count). The van der Waals surface area contributed by atoms with Crippen LogP contribution in [-0.4, -0.2) is 27.8 Å². The molecule has 72 valence electrons. The molecule has 0 spiro atoms. The van der Waals surface area contributed by atoms with Crippen LogP contribution in [0.25, 0.3) is 0 Å². The Labute approximate surface area is 81.2 Å². The third kappa shape index (κ3) is 2.75. The summed E-state index contributed by atoms with van der Waals surface area (Å²) in [5, 5.41) is 18.6. The van der Waals surface area contributed by atoms with Crippen LogP contribution in [0.2, 0.25) is 0 Å². The highest BCUT2D eigenvalue weighted by atomic mass is 16.4. The van der Waals surface area contributed by atoms with Crippen molar-refractivity contribution >= 4 is 11.8 Å². The van der Waals surface area contributed by atoms with E-state index in [0.29, 0.717) is 18.8 Å². The number of anilines is 1. The number of hydrogen-bond acceptors (Lipinski definition) is 4. The van der Waals surface area contributed by atoms with E-state index >= 15 is 0 Å². The van der Waals surface area contributed by atoms with Crippen molar-refractivity contribution in [2.45, 2.75) is 6.42 Å². The van der Waals surface area contributed by atoms with Crippen molar-refractivity contribution in [1.82, 2.24) is 10.2 Å². The first kappa shape index (κ1) is 9.99. The Morgan fingerprint density at radius 2 is 2.36 bits per heavy atom. The van der Waals surface area contributed by atoms with Gasteiger partial charge in [-0.25, -0.2) is 4.79 Å². The van der Waals surface area contributed by atoms with Gasteiger partial charge in [0.05, 0.1) is 0 Å². The normalized spacial score (nSPS) is 9.07. The molecule has 0 aliphatic carbocycles. The molecule has 0 amide bonds. The van der Waals surface area contributed by atoms with Gasteiger partial charge in [0.15, 0.2) is 5.69 Å². The van der Waals surface area contributed by atoms with E-state index in [-0.39, 0.29) is 5.69 Å². The van der Waals surface area contributed by atoms with Crippen molar-refractivity contribution in [2.24, 2.45) is 0 Å². The lowest BCUT2D eigenvalue weighted by molar-refractivity contribution is 0.0689. The van der Waals surface area contributed by atoms with Gasteiger partial charge in [-0.2, -0.15) is 0 Å². The molecule has 0 saturated carbocycles. The van der Waals surface area contributed by atoms with Gasteiger partial charge < -0.3 is 10.4 Å². The molecule has 0 bridgehead atoms. The second-order valence-corrected chi connectivity index (χ2v) is 2.49. The summed E-state index contributed by atoms with van der Waals surface area (Å²) in [5.74, 6) is 1.89. The summed E-state index contributed by atoms with van der Waals surface area (Å²) >= 11 is 0. The van der Waals surface area contributed by atoms with Crippen LogP contribution >= 0.6 is 0 Å². The van der Waals surface area contributed by atoms with Crippen molar-refractivity contribution in [3.63, 3.8) is 0 Å². The molecule has 0 radical (unpaired) electrons. The Balaban J connectivity index is 2.56. The lowest BCUT2D eigenvalue weighted by atomic mass is 10.4. The summed E-state index contributed by atoms with van der Waals surface area (Å²) in [6, 6.07) is 2.93. The van der Waals surface area contributed by atoms with Crippen molar-refractivity contribution < 1.29 is 9.90 Å². The molecular formula is C9H9N3O2. The summed E-state index contributed by atoms with van der Waals surface area (Å²) in [4.78, 5) is 10.4. The third-order valence-electron chi connectivity index (χ3n) is 1.46. The van der Waals surface area contributed by atoms with Crippen molar-refractivity contribution in [3.8, 4) is 12.3 Å². The number of aromatic carboxylic acids is 1. The van der Waals surface area contributed by atoms with Gasteiger partial charge in [-0.1, -0.05) is 0 Å². The first-order chi connectivity index (χ1) is 6.74. The zero-order valence-electron chi connectivity index (χ0n) is 7.40. The van der Waals surface area contributed by atoms with Gasteiger partial charge in [-0.05, 0) is 12.1 Å². The predicted molar refractivity (Wildman–Crippen MR) is 50.9 cm³/mol. The lowest BCUT2D eigenvalue weighted by Gasteiger charge is -2.01. The number of carboxylic acids is 1. The van der Waals surface area contributed by atoms with Gasteiger partial charge in [0.1, 0.15) is 5.82 Å². The van der Waals surface area contributed by atoms with Gasteiger partial charge in [-0.15, -0.1) is 22.5 Å². The van der Waals surface area contributed by atoms with E-state index in [9.17, 15) is 4.79 Å². The molecule has 14 heavy (non-hydrogen) atoms. The van der Waals surface area contributed by atoms with E-state index in [0.717, 1.165) is 0 Å². The highest BCUT2D eigenvalue weighted by Crippen LogP contribution is 2.01. The summed E-state index contributed by atoms with van der Waals surface area (Å²) in [7, 11) is 0. The van der Waals surface area contributed by atoms with Crippen LogP contribution in [0.15, 0.2) is 12.1 Å². The Bertz CT molecular complexity index is 353. The summed E-state index contributed by atoms with van der Waals surface area (Å²) in [5.41, 5.74) is -0.0764. The second-order valence-electron chi connectivity index (χ2n) is 2.49. The number of carboxylic acid groups (broad SMARTS) is 1. The van der Waals surface area contributed by atoms with E-state index in [1.807, 2.05) is 0 Å². The number of hydrogen-bond donors (Lipinski definition) is 2. The maximum absolute atomic E-state index is 10.4. The molecule has 1 aromatic heterocycles. The molecule has 1 aromatic rings. The Morgan fingerprint density at radius 3 is 2.86 bits per heavy atom. The van der Waals surface area contributed by atoms with Crippen LogP contribution in [0, 0.1) is 12.3 Å². The largest absolute Gasteiger partial charge is 0.476 e. The SMILES string of the molecule is C#CCCNc1ccc(C(=O)O)nn1. The van der Waals surface area contributed by atoms with Crippen LogP contribution in [0.5, 0.6) is 0 Å². The minimum absolute atomic E-state index is 0.0764. The molecule has 5 nitrogen and oxygen atoms in total. The number of aromatic nitrogens is 2. The number of nitrogens with zero attached hydrogens (tertiary/aromatic N) is 2. The van der Waals surface area contributed by atoms with Gasteiger partial charge in [0.25, 0.3) is 0 Å². The van der Waals surface area contributed by atoms with E-state index < -0.39 is 5.97 Å². The Morgan fingerprint density at radius 1 is 1.57 bits per heavy atom. The monoisotopic (exact) mass is 191 g/mol. The molecule has 0 aliphatic heterocycles. The molecule has 5 heteroatoms. The Hall–Kier alpha value is -2.09. The quantitative estimate of drug-likeness (QED) is 0.538. The van der Waals surface area contributed by atoms with Gasteiger partial charge in [0.2, 0.25) is 0 Å². The zero-order chi connectivity index (χ0) is 10.4. The lowest BCUT2D eigenvalue weighted by Crippen LogP contribution is -2.06. The summed E-state index contributed by atoms with van der Waals surface area (Å²) in [6.07, 6.45) is 5.64. The van der Waals surface area contributed by atoms with Crippen molar-refractivity contribution in [2.75, 3.05) is 11.9 Å². The fourth-order valence-corrected chi connectivity index (χ4v) is 0.803. The van der Waals surface area contributed by atoms with Gasteiger partial charge in [0, 0.05) is 13.0 Å². The van der Waals surface area contributed by atoms with E-state index in [2.05, 4.69) is 21.4 Å². The molecule has 0 unspecified atom stereocenters. The number of terminal acetylenes is 1. The smallest absolute Gasteiger partial charge is 0.356 e. The van der Waals surface area contributed by atoms with Crippen LogP contribution in [0.4, 0.5) is 5.82 Å². The highest BCUT2D eigenvalue weighted by molar-refractivity contribution is 5.85. The number of carbonyl (C=O) groups is 1. The maximum Gasteiger partial charge on any atom is 0.356 e. The fraction of sp³-hybridized carbons (Fsp3) is 0.222. The van der Waals surface area contributed by atoms with Crippen molar-refractivity contribution in [1.29, 1.82) is 0 Å². The van der Waals surface area contributed by atoms with Crippen LogP contribution in [0.1, 0.15) is 16.9 Å². The van der Waals surface area contributed by atoms with E-state index in [1.54, 1.807) is 6.07 Å². The average Bonchev–Trinajstić information content (AvgIpc) is 2.19. The van der Waals surface area contributed by atoms with E-state index in [1.165, 1.54) is 6.07 Å². The standard InChI is InChI=1S/C9H9N3O2/c1-2-3-6-10-8-5-4-7(9(13)14)11-12-8/h1,4-5H,3,6H2,(H,10,12)(H,13,14). The van der Waals surface area contributed by atoms with Crippen LogP contribution < -0.4 is 5.32 Å². The van der Waals surface area contributed by atoms with Crippen LogP contribution in [0.3, 0.4) is 0 Å². The first-order valence-corrected chi connectivity index (χ1v) is 3.98. The Kier molecular flexibility index (Phi) is 3.44. The van der Waals surface area contributed by atoms with Crippen LogP contribution in [-0.2, 0) is 0 Å². The predicted octanol–water partition coefficient (Wildman–Crippen LogP) is 0.610. The molecule has 0 aromatic carbocycles. The fourth-order valence-electron chi connectivity index (χ4n) is 0.803. The third-order valence-corrected chi connectivity index (χ3v) is 1.46. The van der Waals surface area contributed by atoms with Gasteiger partial charge >= 0.3 is 5.97 Å².